The number of hydrogen-bond donors (Lipinski definition) is 0. The number of ether oxygens (including phenoxy) is 1. The van der Waals surface area contributed by atoms with Crippen molar-refractivity contribution in [2.75, 3.05) is 0 Å². The monoisotopic (exact) mass is 456 g/mol. The van der Waals surface area contributed by atoms with Gasteiger partial charge >= 0.3 is 59.1 Å². The van der Waals surface area contributed by atoms with Gasteiger partial charge in [0.05, 0.1) is 0 Å². The molecule has 0 radical (unpaired) electrons. The van der Waals surface area contributed by atoms with Crippen LogP contribution in [0.2, 0.25) is 0 Å². The van der Waals surface area contributed by atoms with Crippen LogP contribution < -0.4 is 74.4 Å². The average Bonchev–Trinajstić information content (AvgIpc) is 2.72. The van der Waals surface area contributed by atoms with E-state index < -0.39 is 0 Å². The summed E-state index contributed by atoms with van der Waals surface area (Å²) in [4.78, 5) is 0. The van der Waals surface area contributed by atoms with Gasteiger partial charge in [0, 0.05) is 34.6 Å². The first kappa shape index (κ1) is 27.7. The second kappa shape index (κ2) is 15.5. The summed E-state index contributed by atoms with van der Waals surface area (Å²) in [6, 6.07) is 18.0. The van der Waals surface area contributed by atoms with E-state index >= 15 is 0 Å². The van der Waals surface area contributed by atoms with Gasteiger partial charge in [-0.25, -0.2) is 0 Å². The van der Waals surface area contributed by atoms with Gasteiger partial charge in [-0.2, -0.15) is 8.67 Å². The van der Waals surface area contributed by atoms with E-state index in [9.17, 15) is 10.5 Å². The molecule has 0 spiro atoms. The molecule has 0 aliphatic heterocycles. The zero-order valence-corrected chi connectivity index (χ0v) is 21.9. The molecule has 0 N–H and O–H groups in total. The van der Waals surface area contributed by atoms with E-state index in [1.807, 2.05) is 42.5 Å². The van der Waals surface area contributed by atoms with E-state index in [0.29, 0.717) is 19.3 Å². The molecule has 11 heteroatoms. The molecule has 3 rings (SSSR count). The van der Waals surface area contributed by atoms with Crippen molar-refractivity contribution in [1.82, 2.24) is 0 Å². The van der Waals surface area contributed by atoms with E-state index in [-0.39, 0.29) is 75.7 Å². The van der Waals surface area contributed by atoms with Crippen molar-refractivity contribution >= 4 is 24.1 Å². The molecule has 2 aromatic rings. The van der Waals surface area contributed by atoms with Crippen LogP contribution in [-0.4, -0.2) is 16.6 Å². The molecule has 1 fully saturated rings. The van der Waals surface area contributed by atoms with E-state index in [2.05, 4.69) is 30.9 Å². The third-order valence-electron chi connectivity index (χ3n) is 4.25. The van der Waals surface area contributed by atoms with Crippen molar-refractivity contribution in [2.45, 2.75) is 35.9 Å². The van der Waals surface area contributed by atoms with Crippen molar-refractivity contribution in [1.29, 1.82) is 0 Å². The molecule has 0 bridgehead atoms. The first-order valence-corrected chi connectivity index (χ1v) is 9.95. The van der Waals surface area contributed by atoms with Crippen molar-refractivity contribution in [2.24, 2.45) is 0 Å². The predicted molar refractivity (Wildman–Crippen MR) is 97.2 cm³/mol. The van der Waals surface area contributed by atoms with Crippen molar-refractivity contribution in [3.63, 3.8) is 0 Å². The Kier molecular flexibility index (Phi) is 14.8. The molecular formula is C18H18Na2O7S2. The SMILES string of the molecule is [Na+].[Na+].[O-]OOSC1CC(Oc2ccc(-c3ccccc3)cc2)CC(SOO[O-])C1. The minimum atomic E-state index is -0.123. The van der Waals surface area contributed by atoms with Crippen LogP contribution in [0, 0.1) is 0 Å². The van der Waals surface area contributed by atoms with Crippen LogP contribution in [0.1, 0.15) is 19.3 Å². The minimum Gasteiger partial charge on any atom is -0.691 e. The van der Waals surface area contributed by atoms with Crippen molar-refractivity contribution in [3.05, 3.63) is 54.6 Å². The van der Waals surface area contributed by atoms with E-state index in [0.717, 1.165) is 41.0 Å². The van der Waals surface area contributed by atoms with Crippen LogP contribution in [0.25, 0.3) is 11.1 Å². The van der Waals surface area contributed by atoms with Crippen LogP contribution >= 0.6 is 24.1 Å². The Morgan fingerprint density at radius 1 is 0.690 bits per heavy atom. The fourth-order valence-corrected chi connectivity index (χ4v) is 4.73. The van der Waals surface area contributed by atoms with Gasteiger partial charge in [-0.05, 0) is 42.5 Å². The maximum atomic E-state index is 10.1. The summed E-state index contributed by atoms with van der Waals surface area (Å²) in [5.41, 5.74) is 2.25. The Morgan fingerprint density at radius 3 is 1.72 bits per heavy atom. The Balaban J connectivity index is 0.00000210. The third kappa shape index (κ3) is 9.38. The Hall–Kier alpha value is 0.700. The maximum Gasteiger partial charge on any atom is 1.00 e. The molecule has 0 amide bonds. The summed E-state index contributed by atoms with van der Waals surface area (Å²) in [6.45, 7) is 0. The average molecular weight is 456 g/mol. The molecule has 1 aliphatic rings. The van der Waals surface area contributed by atoms with Gasteiger partial charge < -0.3 is 15.3 Å². The second-order valence-corrected chi connectivity index (χ2v) is 8.04. The summed E-state index contributed by atoms with van der Waals surface area (Å²) in [7, 11) is 0. The quantitative estimate of drug-likeness (QED) is 0.167. The minimum absolute atomic E-state index is 0. The summed E-state index contributed by atoms with van der Waals surface area (Å²) >= 11 is 1.89. The molecule has 0 heterocycles. The van der Waals surface area contributed by atoms with E-state index in [1.54, 1.807) is 0 Å². The van der Waals surface area contributed by atoms with Crippen molar-refractivity contribution in [3.8, 4) is 16.9 Å². The topological polar surface area (TPSA) is 92.3 Å². The Labute approximate surface area is 222 Å². The van der Waals surface area contributed by atoms with Crippen molar-refractivity contribution < 1.29 is 93.1 Å². The van der Waals surface area contributed by atoms with Crippen LogP contribution in [-0.2, 0) is 18.7 Å². The Morgan fingerprint density at radius 2 is 1.21 bits per heavy atom. The molecule has 2 unspecified atom stereocenters. The summed E-state index contributed by atoms with van der Waals surface area (Å²) in [5, 5.41) is 27.0. The summed E-state index contributed by atoms with van der Waals surface area (Å²) in [6.07, 6.45) is 1.88. The van der Waals surface area contributed by atoms with Gasteiger partial charge in [-0.3, -0.25) is 10.1 Å². The van der Waals surface area contributed by atoms with Crippen LogP contribution in [0.15, 0.2) is 54.6 Å². The summed E-state index contributed by atoms with van der Waals surface area (Å²) in [5.74, 6) is 0.746. The smallest absolute Gasteiger partial charge is 0.691 e. The predicted octanol–water partition coefficient (Wildman–Crippen LogP) is -3.23. The molecule has 29 heavy (non-hydrogen) atoms. The molecule has 7 nitrogen and oxygen atoms in total. The fourth-order valence-electron chi connectivity index (χ4n) is 3.11. The van der Waals surface area contributed by atoms with E-state index in [4.69, 9.17) is 4.74 Å². The zero-order chi connectivity index (χ0) is 18.9. The van der Waals surface area contributed by atoms with Gasteiger partial charge in [0.1, 0.15) is 11.9 Å². The first-order valence-electron chi connectivity index (χ1n) is 8.34. The maximum absolute atomic E-state index is 10.1. The first-order chi connectivity index (χ1) is 13.3. The molecule has 1 saturated carbocycles. The molecule has 2 aromatic carbocycles. The number of rotatable bonds is 9. The molecule has 1 aliphatic carbocycles. The fraction of sp³-hybridized carbons (Fsp3) is 0.333. The zero-order valence-electron chi connectivity index (χ0n) is 16.2. The second-order valence-electron chi connectivity index (χ2n) is 6.05. The summed E-state index contributed by atoms with van der Waals surface area (Å²) < 4.78 is 15.0. The molecule has 146 valence electrons. The molecule has 2 atom stereocenters. The molecular weight excluding hydrogens is 438 g/mol. The normalized spacial score (nSPS) is 21.0. The van der Waals surface area contributed by atoms with Crippen LogP contribution in [0.4, 0.5) is 0 Å². The molecule has 0 saturated heterocycles. The van der Waals surface area contributed by atoms with Gasteiger partial charge in [0.15, 0.2) is 0 Å². The number of benzene rings is 2. The Bertz CT molecular complexity index is 666. The van der Waals surface area contributed by atoms with Crippen LogP contribution in [0.3, 0.4) is 0 Å². The third-order valence-corrected chi connectivity index (χ3v) is 5.83. The number of hydrogen-bond acceptors (Lipinski definition) is 9. The van der Waals surface area contributed by atoms with Gasteiger partial charge in [0.2, 0.25) is 0 Å². The van der Waals surface area contributed by atoms with E-state index in [1.165, 1.54) is 0 Å². The van der Waals surface area contributed by atoms with Gasteiger partial charge in [0.25, 0.3) is 0 Å². The van der Waals surface area contributed by atoms with Crippen LogP contribution in [0.5, 0.6) is 5.75 Å². The largest absolute Gasteiger partial charge is 1.00 e. The van der Waals surface area contributed by atoms with Gasteiger partial charge in [-0.15, -0.1) is 0 Å². The standard InChI is InChI=1S/C18H20O7S2.2Na/c19-22-24-26-17-10-16(11-18(12-17)27-25-23-20)21-15-8-6-14(7-9-15)13-4-2-1-3-5-13;;/h1-9,16-20H,10-12H2;;/q;2*+1/p-2. The molecule has 0 aromatic heterocycles. The van der Waals surface area contributed by atoms with Gasteiger partial charge in [-0.1, -0.05) is 42.5 Å².